The van der Waals surface area contributed by atoms with Gasteiger partial charge in [0.25, 0.3) is 5.91 Å². The van der Waals surface area contributed by atoms with E-state index in [4.69, 9.17) is 0 Å². The van der Waals surface area contributed by atoms with Gasteiger partial charge < -0.3 is 10.6 Å². The number of imide groups is 1. The van der Waals surface area contributed by atoms with Gasteiger partial charge in [0.15, 0.2) is 0 Å². The fraction of sp³-hybridized carbons (Fsp3) is 0.579. The summed E-state index contributed by atoms with van der Waals surface area (Å²) in [6.45, 7) is 3.19. The molecule has 1 atom stereocenters. The van der Waals surface area contributed by atoms with Crippen LogP contribution in [-0.4, -0.2) is 59.5 Å². The Morgan fingerprint density at radius 1 is 1.12 bits per heavy atom. The Morgan fingerprint density at radius 2 is 1.88 bits per heavy atom. The molecular weight excluding hydrogens is 316 g/mol. The Balaban J connectivity index is 1.28. The van der Waals surface area contributed by atoms with Crippen LogP contribution in [0.3, 0.4) is 0 Å². The summed E-state index contributed by atoms with van der Waals surface area (Å²) in [5.41, 5.74) is 0.561. The Kier molecular flexibility index (Phi) is 4.37. The number of hydrogen-bond donors (Lipinski definition) is 2. The minimum Gasteiger partial charge on any atom is -0.381 e. The molecule has 1 aromatic rings. The minimum atomic E-state index is -0.584. The number of likely N-dealkylation sites (tertiary alicyclic amines) is 1. The third-order valence-electron chi connectivity index (χ3n) is 5.76. The largest absolute Gasteiger partial charge is 0.381 e. The smallest absolute Gasteiger partial charge is 0.325 e. The van der Waals surface area contributed by atoms with E-state index in [0.29, 0.717) is 12.6 Å². The summed E-state index contributed by atoms with van der Waals surface area (Å²) in [4.78, 5) is 28.6. The third-order valence-corrected chi connectivity index (χ3v) is 5.76. The number of anilines is 1. The fourth-order valence-corrected chi connectivity index (χ4v) is 4.36. The number of rotatable bonds is 5. The number of para-hydroxylation sites is 1. The van der Waals surface area contributed by atoms with Gasteiger partial charge in [-0.1, -0.05) is 31.0 Å². The first kappa shape index (κ1) is 16.4. The van der Waals surface area contributed by atoms with E-state index in [9.17, 15) is 9.59 Å². The average molecular weight is 342 g/mol. The number of amides is 3. The van der Waals surface area contributed by atoms with Crippen molar-refractivity contribution in [1.29, 1.82) is 0 Å². The van der Waals surface area contributed by atoms with Crippen LogP contribution in [0.1, 0.15) is 32.1 Å². The van der Waals surface area contributed by atoms with E-state index < -0.39 is 5.54 Å². The normalized spacial score (nSPS) is 25.8. The number of carbonyl (C=O) groups is 2. The maximum atomic E-state index is 12.7. The Labute approximate surface area is 148 Å². The van der Waals surface area contributed by atoms with Gasteiger partial charge in [-0.2, -0.15) is 0 Å². The van der Waals surface area contributed by atoms with E-state index in [-0.39, 0.29) is 11.9 Å². The molecule has 6 heteroatoms. The summed E-state index contributed by atoms with van der Waals surface area (Å²) in [6, 6.07) is 10.5. The van der Waals surface area contributed by atoms with E-state index >= 15 is 0 Å². The molecule has 1 unspecified atom stereocenters. The van der Waals surface area contributed by atoms with Crippen molar-refractivity contribution in [2.24, 2.45) is 0 Å². The second-order valence-corrected chi connectivity index (χ2v) is 7.47. The molecular formula is C19H26N4O2. The molecule has 0 bridgehead atoms. The van der Waals surface area contributed by atoms with Gasteiger partial charge in [-0.3, -0.25) is 14.6 Å². The van der Waals surface area contributed by atoms with Crippen molar-refractivity contribution in [2.45, 2.75) is 43.7 Å². The zero-order valence-corrected chi connectivity index (χ0v) is 14.5. The molecule has 0 aromatic heterocycles. The molecule has 3 aliphatic rings. The second-order valence-electron chi connectivity index (χ2n) is 7.47. The van der Waals surface area contributed by atoms with E-state index in [2.05, 4.69) is 27.7 Å². The first-order valence-corrected chi connectivity index (χ1v) is 9.34. The summed E-state index contributed by atoms with van der Waals surface area (Å²) in [5.74, 6) is -0.00634. The van der Waals surface area contributed by atoms with Crippen molar-refractivity contribution in [1.82, 2.24) is 15.1 Å². The van der Waals surface area contributed by atoms with Gasteiger partial charge in [-0.05, 0) is 31.4 Å². The summed E-state index contributed by atoms with van der Waals surface area (Å²) in [7, 11) is 0. The molecule has 134 valence electrons. The van der Waals surface area contributed by atoms with Crippen LogP contribution in [0.4, 0.5) is 10.5 Å². The lowest BCUT2D eigenvalue weighted by Gasteiger charge is -2.22. The molecule has 2 aliphatic heterocycles. The number of nitrogens with zero attached hydrogens (tertiary/aromatic N) is 2. The predicted molar refractivity (Wildman–Crippen MR) is 96.4 cm³/mol. The van der Waals surface area contributed by atoms with Gasteiger partial charge >= 0.3 is 6.03 Å². The van der Waals surface area contributed by atoms with Crippen LogP contribution in [-0.2, 0) is 4.79 Å². The molecule has 25 heavy (non-hydrogen) atoms. The van der Waals surface area contributed by atoms with Crippen LogP contribution in [0.5, 0.6) is 0 Å². The molecule has 2 saturated heterocycles. The number of carbonyl (C=O) groups excluding carboxylic acids is 2. The van der Waals surface area contributed by atoms with Crippen LogP contribution in [0, 0.1) is 0 Å². The number of benzene rings is 1. The molecule has 3 fully saturated rings. The maximum Gasteiger partial charge on any atom is 0.325 e. The second kappa shape index (κ2) is 6.67. The third kappa shape index (κ3) is 3.23. The molecule has 3 amide bonds. The van der Waals surface area contributed by atoms with Crippen LogP contribution in [0.25, 0.3) is 0 Å². The number of hydrogen-bond acceptors (Lipinski definition) is 4. The highest BCUT2D eigenvalue weighted by Crippen LogP contribution is 2.34. The van der Waals surface area contributed by atoms with Crippen LogP contribution < -0.4 is 10.6 Å². The van der Waals surface area contributed by atoms with Gasteiger partial charge in [0.2, 0.25) is 0 Å². The van der Waals surface area contributed by atoms with Gasteiger partial charge in [0, 0.05) is 37.9 Å². The molecule has 0 radical (unpaired) electrons. The minimum absolute atomic E-state index is 0.00634. The van der Waals surface area contributed by atoms with Crippen LogP contribution in [0.2, 0.25) is 0 Å². The molecule has 4 rings (SSSR count). The van der Waals surface area contributed by atoms with Gasteiger partial charge in [0.1, 0.15) is 5.54 Å². The zero-order chi connectivity index (χ0) is 17.3. The average Bonchev–Trinajstić information content (AvgIpc) is 3.30. The van der Waals surface area contributed by atoms with Crippen molar-refractivity contribution in [3.8, 4) is 0 Å². The van der Waals surface area contributed by atoms with Crippen molar-refractivity contribution >= 4 is 17.6 Å². The quantitative estimate of drug-likeness (QED) is 0.804. The van der Waals surface area contributed by atoms with Gasteiger partial charge in [0.05, 0.1) is 0 Å². The zero-order valence-electron chi connectivity index (χ0n) is 14.5. The molecule has 2 heterocycles. The van der Waals surface area contributed by atoms with Gasteiger partial charge in [-0.25, -0.2) is 4.79 Å². The topological polar surface area (TPSA) is 64.7 Å². The summed E-state index contributed by atoms with van der Waals surface area (Å²) < 4.78 is 0. The first-order chi connectivity index (χ1) is 12.2. The van der Waals surface area contributed by atoms with E-state index in [0.717, 1.165) is 57.4 Å². The molecule has 1 aromatic carbocycles. The highest BCUT2D eigenvalue weighted by molar-refractivity contribution is 6.07. The van der Waals surface area contributed by atoms with Crippen molar-refractivity contribution in [3.05, 3.63) is 30.3 Å². The summed E-state index contributed by atoms with van der Waals surface area (Å²) >= 11 is 0. The molecule has 1 aliphatic carbocycles. The fourth-order valence-electron chi connectivity index (χ4n) is 4.36. The predicted octanol–water partition coefficient (Wildman–Crippen LogP) is 2.04. The van der Waals surface area contributed by atoms with Crippen molar-refractivity contribution < 1.29 is 9.59 Å². The highest BCUT2D eigenvalue weighted by atomic mass is 16.2. The van der Waals surface area contributed by atoms with E-state index in [1.54, 1.807) is 0 Å². The molecule has 1 saturated carbocycles. The van der Waals surface area contributed by atoms with Crippen molar-refractivity contribution in [2.75, 3.05) is 31.5 Å². The SMILES string of the molecule is O=C1NC2(CCCC2)C(=O)N1CCN1CCC(Nc2ccccc2)C1. The molecule has 1 spiro atoms. The summed E-state index contributed by atoms with van der Waals surface area (Å²) in [6.07, 6.45) is 4.72. The van der Waals surface area contributed by atoms with Crippen LogP contribution in [0.15, 0.2) is 30.3 Å². The lowest BCUT2D eigenvalue weighted by Crippen LogP contribution is -2.44. The number of urea groups is 1. The van der Waals surface area contributed by atoms with E-state index in [1.165, 1.54) is 4.90 Å². The highest BCUT2D eigenvalue weighted by Gasteiger charge is 2.52. The Bertz CT molecular complexity index is 642. The van der Waals surface area contributed by atoms with Crippen LogP contribution >= 0.6 is 0 Å². The lowest BCUT2D eigenvalue weighted by molar-refractivity contribution is -0.131. The standard InChI is InChI=1S/C19H26N4O2/c24-17-19(9-4-5-10-19)21-18(25)23(17)13-12-22-11-8-16(14-22)20-15-6-2-1-3-7-15/h1-3,6-7,16,20H,4-5,8-14H2,(H,21,25). The Morgan fingerprint density at radius 3 is 2.64 bits per heavy atom. The number of nitrogens with one attached hydrogen (secondary N) is 2. The maximum absolute atomic E-state index is 12.7. The Hall–Kier alpha value is -2.08. The first-order valence-electron chi connectivity index (χ1n) is 9.34. The van der Waals surface area contributed by atoms with Gasteiger partial charge in [-0.15, -0.1) is 0 Å². The molecule has 2 N–H and O–H groups in total. The lowest BCUT2D eigenvalue weighted by atomic mass is 9.98. The van der Waals surface area contributed by atoms with Crippen molar-refractivity contribution in [3.63, 3.8) is 0 Å². The molecule has 6 nitrogen and oxygen atoms in total. The van der Waals surface area contributed by atoms with E-state index in [1.807, 2.05) is 18.2 Å². The summed E-state index contributed by atoms with van der Waals surface area (Å²) in [5, 5.41) is 6.51. The monoisotopic (exact) mass is 342 g/mol.